The zero-order valence-corrected chi connectivity index (χ0v) is 9.07. The van der Waals surface area contributed by atoms with E-state index in [4.69, 9.17) is 5.11 Å². The Hall–Kier alpha value is 1.19. The van der Waals surface area contributed by atoms with Gasteiger partial charge < -0.3 is 18.1 Å². The van der Waals surface area contributed by atoms with Crippen LogP contribution in [0.1, 0.15) is 6.92 Å². The van der Waals surface area contributed by atoms with Gasteiger partial charge in [0.15, 0.2) is 0 Å². The van der Waals surface area contributed by atoms with E-state index < -0.39 is 18.6 Å². The second kappa shape index (κ2) is 4.95. The van der Waals surface area contributed by atoms with Gasteiger partial charge in [-0.05, 0) is 6.92 Å². The van der Waals surface area contributed by atoms with Crippen LogP contribution in [-0.4, -0.2) is 18.2 Å². The maximum Gasteiger partial charge on any atom is 1.00 e. The Morgan fingerprint density at radius 2 is 1.80 bits per heavy atom. The summed E-state index contributed by atoms with van der Waals surface area (Å²) < 4.78 is 34.5. The van der Waals surface area contributed by atoms with E-state index in [0.29, 0.717) is 0 Å². The zero-order valence-electron chi connectivity index (χ0n) is 5.94. The molecule has 6 heteroatoms. The van der Waals surface area contributed by atoms with Crippen molar-refractivity contribution in [2.45, 2.75) is 13.0 Å². The molecule has 10 heavy (non-hydrogen) atoms. The summed E-state index contributed by atoms with van der Waals surface area (Å²) in [6.07, 6.45) is -1.48. The minimum atomic E-state index is -5.05. The molecular weight excluding hydrogens is 171 g/mol. The predicted molar refractivity (Wildman–Crippen MR) is 29.9 cm³/mol. The maximum atomic E-state index is 11.5. The molecule has 0 aliphatic carbocycles. The maximum absolute atomic E-state index is 11.5. The third kappa shape index (κ3) is 4.92. The molecule has 0 spiro atoms. The van der Waals surface area contributed by atoms with Gasteiger partial charge in [-0.1, -0.05) is 0 Å². The average Bonchev–Trinajstić information content (AvgIpc) is 1.62. The zero-order chi connectivity index (χ0) is 7.65. The number of hydrogen-bond acceptors (Lipinski definition) is 1. The molecule has 0 aliphatic rings. The molecule has 0 aliphatic heterocycles. The molecule has 0 heterocycles. The van der Waals surface area contributed by atoms with Crippen molar-refractivity contribution >= 4 is 6.98 Å². The Balaban J connectivity index is 0. The third-order valence-electron chi connectivity index (χ3n) is 0.957. The fraction of sp³-hybridized carbons (Fsp3) is 0.500. The Morgan fingerprint density at radius 1 is 1.50 bits per heavy atom. The van der Waals surface area contributed by atoms with Crippen LogP contribution in [0.4, 0.5) is 12.9 Å². The molecule has 0 saturated carbocycles. The van der Waals surface area contributed by atoms with E-state index in [9.17, 15) is 12.9 Å². The van der Waals surface area contributed by atoms with Gasteiger partial charge in [0.25, 0.3) is 0 Å². The summed E-state index contributed by atoms with van der Waals surface area (Å²) in [7, 11) is 0. The largest absolute Gasteiger partial charge is 1.00 e. The molecule has 0 unspecified atom stereocenters. The van der Waals surface area contributed by atoms with E-state index in [1.165, 1.54) is 0 Å². The van der Waals surface area contributed by atoms with Crippen LogP contribution in [0, 0.1) is 0 Å². The summed E-state index contributed by atoms with van der Waals surface area (Å²) in [6.45, 7) is -1.33. The Kier molecular flexibility index (Phi) is 6.81. The van der Waals surface area contributed by atoms with Crippen molar-refractivity contribution < 1.29 is 69.4 Å². The summed E-state index contributed by atoms with van der Waals surface area (Å²) in [4.78, 5) is 0. The Morgan fingerprint density at radius 3 is 1.80 bits per heavy atom. The fourth-order valence-corrected chi connectivity index (χ4v) is 0.273. The molecule has 0 aromatic heterocycles. The standard InChI is InChI=1S/C4H7BF3O.K/c1-3(4(2)9)5(6,7)8;/h4,9H,1H2,2H3;/q-1;+1/t4-;/m1./s1. The van der Waals surface area contributed by atoms with Gasteiger partial charge in [0.1, 0.15) is 0 Å². The Labute approximate surface area is 100 Å². The minimum Gasteiger partial charge on any atom is -0.445 e. The van der Waals surface area contributed by atoms with Gasteiger partial charge in [0, 0.05) is 6.10 Å². The van der Waals surface area contributed by atoms with Gasteiger partial charge in [0.2, 0.25) is 0 Å². The summed E-state index contributed by atoms with van der Waals surface area (Å²) in [5, 5.41) is 8.35. The summed E-state index contributed by atoms with van der Waals surface area (Å²) in [6, 6.07) is 0. The van der Waals surface area contributed by atoms with Gasteiger partial charge in [-0.3, -0.25) is 0 Å². The van der Waals surface area contributed by atoms with Crippen LogP contribution in [0.25, 0.3) is 0 Å². The van der Waals surface area contributed by atoms with Gasteiger partial charge in [-0.2, -0.15) is 0 Å². The van der Waals surface area contributed by atoms with Crippen molar-refractivity contribution in [1.29, 1.82) is 0 Å². The SMILES string of the molecule is C=C([C@@H](C)O)[B-](F)(F)F.[K+]. The quantitative estimate of drug-likeness (QED) is 0.500. The van der Waals surface area contributed by atoms with Crippen LogP contribution in [-0.2, 0) is 0 Å². The molecule has 0 amide bonds. The Bertz CT molecular complexity index is 122. The predicted octanol–water partition coefficient (Wildman–Crippen LogP) is -1.69. The number of aliphatic hydroxyl groups excluding tert-OH is 1. The van der Waals surface area contributed by atoms with Crippen molar-refractivity contribution in [2.75, 3.05) is 0 Å². The molecule has 0 aromatic rings. The van der Waals surface area contributed by atoms with E-state index in [0.717, 1.165) is 6.92 Å². The van der Waals surface area contributed by atoms with Crippen molar-refractivity contribution in [3.63, 3.8) is 0 Å². The molecule has 0 aromatic carbocycles. The number of aliphatic hydroxyl groups is 1. The average molecular weight is 178 g/mol. The van der Waals surface area contributed by atoms with Crippen LogP contribution in [0.2, 0.25) is 0 Å². The molecule has 1 nitrogen and oxygen atoms in total. The monoisotopic (exact) mass is 178 g/mol. The second-order valence-electron chi connectivity index (χ2n) is 1.83. The fourth-order valence-electron chi connectivity index (χ4n) is 0.273. The number of hydrogen-bond donors (Lipinski definition) is 1. The van der Waals surface area contributed by atoms with E-state index in [-0.39, 0.29) is 51.4 Å². The van der Waals surface area contributed by atoms with E-state index in [1.54, 1.807) is 0 Å². The summed E-state index contributed by atoms with van der Waals surface area (Å²) in [5.74, 6) is 0. The molecule has 0 fully saturated rings. The van der Waals surface area contributed by atoms with E-state index in [1.807, 2.05) is 0 Å². The van der Waals surface area contributed by atoms with Gasteiger partial charge in [-0.15, -0.1) is 12.1 Å². The van der Waals surface area contributed by atoms with Crippen molar-refractivity contribution in [1.82, 2.24) is 0 Å². The van der Waals surface area contributed by atoms with Crippen LogP contribution in [0.15, 0.2) is 12.1 Å². The van der Waals surface area contributed by atoms with Gasteiger partial charge >= 0.3 is 58.4 Å². The molecular formula is C4H7BF3KO. The summed E-state index contributed by atoms with van der Waals surface area (Å²) >= 11 is 0. The molecule has 54 valence electrons. The van der Waals surface area contributed by atoms with Crippen LogP contribution >= 0.6 is 0 Å². The first-order valence-corrected chi connectivity index (χ1v) is 2.42. The first-order valence-electron chi connectivity index (χ1n) is 2.42. The van der Waals surface area contributed by atoms with E-state index >= 15 is 0 Å². The molecule has 1 N–H and O–H groups in total. The molecule has 0 radical (unpaired) electrons. The van der Waals surface area contributed by atoms with Gasteiger partial charge in [-0.25, -0.2) is 0 Å². The number of halogens is 3. The van der Waals surface area contributed by atoms with Crippen molar-refractivity contribution in [2.24, 2.45) is 0 Å². The smallest absolute Gasteiger partial charge is 0.445 e. The minimum absolute atomic E-state index is 0. The molecule has 0 saturated heterocycles. The summed E-state index contributed by atoms with van der Waals surface area (Å²) in [5.41, 5.74) is -1.05. The molecule has 0 rings (SSSR count). The molecule has 1 atom stereocenters. The first kappa shape index (κ1) is 13.8. The number of rotatable bonds is 2. The normalized spacial score (nSPS) is 13.7. The topological polar surface area (TPSA) is 20.2 Å². The second-order valence-corrected chi connectivity index (χ2v) is 1.83. The van der Waals surface area contributed by atoms with Crippen LogP contribution < -0.4 is 51.4 Å². The van der Waals surface area contributed by atoms with Gasteiger partial charge in [0.05, 0.1) is 0 Å². The first-order chi connectivity index (χ1) is 3.85. The van der Waals surface area contributed by atoms with Crippen molar-refractivity contribution in [3.8, 4) is 0 Å². The molecule has 0 bridgehead atoms. The van der Waals surface area contributed by atoms with Crippen LogP contribution in [0.5, 0.6) is 0 Å². The van der Waals surface area contributed by atoms with Crippen LogP contribution in [0.3, 0.4) is 0 Å². The van der Waals surface area contributed by atoms with Crippen molar-refractivity contribution in [3.05, 3.63) is 12.1 Å². The van der Waals surface area contributed by atoms with E-state index in [2.05, 4.69) is 6.58 Å². The third-order valence-corrected chi connectivity index (χ3v) is 0.957.